The van der Waals surface area contributed by atoms with Gasteiger partial charge in [0.25, 0.3) is 0 Å². The summed E-state index contributed by atoms with van der Waals surface area (Å²) in [4.78, 5) is 0. The van der Waals surface area contributed by atoms with Crippen molar-refractivity contribution in [3.8, 4) is 11.1 Å². The summed E-state index contributed by atoms with van der Waals surface area (Å²) in [6.45, 7) is 7.09. The quantitative estimate of drug-likeness (QED) is 0.231. The van der Waals surface area contributed by atoms with E-state index >= 15 is 13.2 Å². The summed E-state index contributed by atoms with van der Waals surface area (Å²) >= 11 is 0. The SMILES string of the molecule is C=CCCC1CCC(c2ccc(-c3ccc(CCC4CCC(CCC)CO4)c(F)c3F)c(F)c2F)OC1. The van der Waals surface area contributed by atoms with Crippen molar-refractivity contribution in [1.29, 1.82) is 0 Å². The Labute approximate surface area is 218 Å². The number of hydrogen-bond acceptors (Lipinski definition) is 2. The van der Waals surface area contributed by atoms with Gasteiger partial charge in [0.2, 0.25) is 0 Å². The highest BCUT2D eigenvalue weighted by molar-refractivity contribution is 5.66. The molecule has 0 radical (unpaired) electrons. The van der Waals surface area contributed by atoms with Gasteiger partial charge in [-0.05, 0) is 75.2 Å². The van der Waals surface area contributed by atoms with Crippen molar-refractivity contribution in [2.24, 2.45) is 11.8 Å². The molecule has 2 heterocycles. The lowest BCUT2D eigenvalue weighted by atomic mass is 9.90. The first-order valence-electron chi connectivity index (χ1n) is 13.7. The molecule has 0 saturated carbocycles. The lowest BCUT2D eigenvalue weighted by Gasteiger charge is -2.29. The van der Waals surface area contributed by atoms with Gasteiger partial charge in [-0.2, -0.15) is 0 Å². The fourth-order valence-corrected chi connectivity index (χ4v) is 5.68. The Kier molecular flexibility index (Phi) is 9.83. The van der Waals surface area contributed by atoms with E-state index in [9.17, 15) is 4.39 Å². The fraction of sp³-hybridized carbons (Fsp3) is 0.548. The summed E-state index contributed by atoms with van der Waals surface area (Å²) < 4.78 is 71.8. The van der Waals surface area contributed by atoms with Gasteiger partial charge in [-0.1, -0.05) is 43.7 Å². The van der Waals surface area contributed by atoms with Gasteiger partial charge in [-0.15, -0.1) is 6.58 Å². The molecule has 2 aliphatic heterocycles. The van der Waals surface area contributed by atoms with Crippen LogP contribution in [0.25, 0.3) is 11.1 Å². The molecule has 0 spiro atoms. The van der Waals surface area contributed by atoms with Crippen LogP contribution in [0, 0.1) is 35.1 Å². The van der Waals surface area contributed by atoms with E-state index < -0.39 is 29.4 Å². The van der Waals surface area contributed by atoms with Crippen LogP contribution in [-0.2, 0) is 15.9 Å². The molecule has 6 heteroatoms. The number of halogens is 4. The molecule has 0 N–H and O–H groups in total. The molecule has 0 bridgehead atoms. The maximum Gasteiger partial charge on any atom is 0.167 e. The van der Waals surface area contributed by atoms with E-state index in [1.807, 2.05) is 6.08 Å². The standard InChI is InChI=1S/C31H38F4O2/c1-3-5-7-21-9-17-27(37-19-21)26-16-15-25(30(34)31(26)35)24-14-11-22(28(32)29(24)33)10-13-23-12-8-20(6-4-2)18-36-23/h3,11,14-16,20-21,23,27H,1,4-10,12-13,17-19H2,2H3. The molecule has 0 aromatic heterocycles. The van der Waals surface area contributed by atoms with Gasteiger partial charge in [-0.25, -0.2) is 17.6 Å². The van der Waals surface area contributed by atoms with Crippen LogP contribution in [0.1, 0.15) is 81.9 Å². The van der Waals surface area contributed by atoms with Gasteiger partial charge < -0.3 is 9.47 Å². The molecule has 202 valence electrons. The van der Waals surface area contributed by atoms with Crippen LogP contribution in [0.5, 0.6) is 0 Å². The Hall–Kier alpha value is -2.18. The second-order valence-electron chi connectivity index (χ2n) is 10.6. The number of benzene rings is 2. The molecule has 2 aromatic rings. The highest BCUT2D eigenvalue weighted by atomic mass is 19.2. The largest absolute Gasteiger partial charge is 0.378 e. The maximum atomic E-state index is 15.1. The molecule has 37 heavy (non-hydrogen) atoms. The molecule has 0 amide bonds. The third kappa shape index (κ3) is 6.64. The van der Waals surface area contributed by atoms with Gasteiger partial charge in [-0.3, -0.25) is 0 Å². The highest BCUT2D eigenvalue weighted by Gasteiger charge is 2.28. The normalized spacial score (nSPS) is 24.2. The Balaban J connectivity index is 1.42. The highest BCUT2D eigenvalue weighted by Crippen LogP contribution is 2.37. The third-order valence-electron chi connectivity index (χ3n) is 7.96. The summed E-state index contributed by atoms with van der Waals surface area (Å²) in [5, 5.41) is 0. The molecular weight excluding hydrogens is 480 g/mol. The zero-order valence-electron chi connectivity index (χ0n) is 21.7. The molecule has 0 aliphatic carbocycles. The van der Waals surface area contributed by atoms with E-state index in [0.29, 0.717) is 37.7 Å². The molecular formula is C31H38F4O2. The summed E-state index contributed by atoms with van der Waals surface area (Å²) in [7, 11) is 0. The Morgan fingerprint density at radius 3 is 2.11 bits per heavy atom. The van der Waals surface area contributed by atoms with Crippen LogP contribution in [0.4, 0.5) is 17.6 Å². The van der Waals surface area contributed by atoms with Crippen molar-refractivity contribution in [1.82, 2.24) is 0 Å². The average molecular weight is 519 g/mol. The Morgan fingerprint density at radius 2 is 1.46 bits per heavy atom. The third-order valence-corrected chi connectivity index (χ3v) is 7.96. The van der Waals surface area contributed by atoms with Crippen molar-refractivity contribution >= 4 is 0 Å². The first kappa shape index (κ1) is 27.8. The number of aryl methyl sites for hydroxylation is 1. The molecule has 2 fully saturated rings. The zero-order valence-corrected chi connectivity index (χ0v) is 21.7. The topological polar surface area (TPSA) is 18.5 Å². The summed E-state index contributed by atoms with van der Waals surface area (Å²) in [6, 6.07) is 5.56. The first-order chi connectivity index (χ1) is 17.9. The van der Waals surface area contributed by atoms with Crippen molar-refractivity contribution < 1.29 is 27.0 Å². The van der Waals surface area contributed by atoms with E-state index in [2.05, 4.69) is 13.5 Å². The molecule has 4 atom stereocenters. The van der Waals surface area contributed by atoms with E-state index in [1.54, 1.807) is 0 Å². The van der Waals surface area contributed by atoms with Crippen LogP contribution in [0.15, 0.2) is 36.9 Å². The lowest BCUT2D eigenvalue weighted by molar-refractivity contribution is -0.0216. The minimum absolute atomic E-state index is 0.0357. The van der Waals surface area contributed by atoms with Crippen molar-refractivity contribution in [2.45, 2.75) is 83.3 Å². The van der Waals surface area contributed by atoms with E-state index in [4.69, 9.17) is 9.47 Å². The minimum atomic E-state index is -1.18. The molecule has 4 rings (SSSR count). The number of ether oxygens (including phenoxy) is 2. The monoisotopic (exact) mass is 518 g/mol. The van der Waals surface area contributed by atoms with E-state index in [-0.39, 0.29) is 28.4 Å². The van der Waals surface area contributed by atoms with Gasteiger partial charge in [0.1, 0.15) is 0 Å². The van der Waals surface area contributed by atoms with Crippen LogP contribution in [0.3, 0.4) is 0 Å². The van der Waals surface area contributed by atoms with E-state index in [0.717, 1.165) is 51.6 Å². The number of allylic oxidation sites excluding steroid dienone is 1. The average Bonchev–Trinajstić information content (AvgIpc) is 2.92. The molecule has 2 nitrogen and oxygen atoms in total. The van der Waals surface area contributed by atoms with Gasteiger partial charge in [0.15, 0.2) is 23.3 Å². The van der Waals surface area contributed by atoms with Crippen molar-refractivity contribution in [3.05, 3.63) is 71.3 Å². The Morgan fingerprint density at radius 1 is 0.784 bits per heavy atom. The molecule has 2 aliphatic rings. The molecule has 2 saturated heterocycles. The Bertz CT molecular complexity index is 1050. The van der Waals surface area contributed by atoms with Gasteiger partial charge in [0.05, 0.1) is 18.8 Å². The predicted octanol–water partition coefficient (Wildman–Crippen LogP) is 8.87. The van der Waals surface area contributed by atoms with Crippen LogP contribution in [-0.4, -0.2) is 19.3 Å². The molecule has 4 unspecified atom stereocenters. The lowest BCUT2D eigenvalue weighted by Crippen LogP contribution is -2.26. The first-order valence-corrected chi connectivity index (χ1v) is 13.7. The smallest absolute Gasteiger partial charge is 0.167 e. The summed E-state index contributed by atoms with van der Waals surface area (Å²) in [5.41, 5.74) is -0.231. The van der Waals surface area contributed by atoms with Crippen LogP contribution >= 0.6 is 0 Å². The zero-order chi connectivity index (χ0) is 26.4. The van der Waals surface area contributed by atoms with Crippen molar-refractivity contribution in [3.63, 3.8) is 0 Å². The maximum absolute atomic E-state index is 15.1. The summed E-state index contributed by atoms with van der Waals surface area (Å²) in [6.07, 6.45) is 9.86. The fourth-order valence-electron chi connectivity index (χ4n) is 5.68. The molecule has 2 aromatic carbocycles. The van der Waals surface area contributed by atoms with Crippen LogP contribution < -0.4 is 0 Å². The second kappa shape index (κ2) is 13.1. The number of hydrogen-bond donors (Lipinski definition) is 0. The minimum Gasteiger partial charge on any atom is -0.378 e. The van der Waals surface area contributed by atoms with Gasteiger partial charge in [0, 0.05) is 23.3 Å². The van der Waals surface area contributed by atoms with Crippen LogP contribution in [0.2, 0.25) is 0 Å². The second-order valence-corrected chi connectivity index (χ2v) is 10.6. The predicted molar refractivity (Wildman–Crippen MR) is 138 cm³/mol. The van der Waals surface area contributed by atoms with Gasteiger partial charge >= 0.3 is 0 Å². The number of rotatable bonds is 10. The van der Waals surface area contributed by atoms with E-state index in [1.165, 1.54) is 24.3 Å². The van der Waals surface area contributed by atoms with Crippen molar-refractivity contribution in [2.75, 3.05) is 13.2 Å². The summed E-state index contributed by atoms with van der Waals surface area (Å²) in [5.74, 6) is -3.46.